The van der Waals surface area contributed by atoms with Crippen LogP contribution in [-0.2, 0) is 0 Å². The summed E-state index contributed by atoms with van der Waals surface area (Å²) in [5, 5.41) is 17.9. The van der Waals surface area contributed by atoms with Crippen molar-refractivity contribution in [2.45, 2.75) is 0 Å². The van der Waals surface area contributed by atoms with E-state index in [0.29, 0.717) is 11.2 Å². The molecule has 6 heteroatoms. The van der Waals surface area contributed by atoms with Crippen LogP contribution in [0.4, 0.5) is 5.69 Å². The maximum Gasteiger partial charge on any atom is 0.271 e. The van der Waals surface area contributed by atoms with Crippen LogP contribution in [0, 0.1) is 22.0 Å². The first kappa shape index (κ1) is 10.5. The third-order valence-corrected chi connectivity index (χ3v) is 2.16. The minimum atomic E-state index is -0.460. The molecule has 0 saturated heterocycles. The Labute approximate surface area is 95.6 Å². The number of benzene rings is 1. The lowest BCUT2D eigenvalue weighted by Crippen LogP contribution is -1.86. The molecule has 0 aliphatic carbocycles. The Morgan fingerprint density at radius 3 is 3.06 bits per heavy atom. The molecule has 2 aromatic rings. The molecule has 0 atom stereocenters. The number of non-ortho nitro benzene ring substituents is 1. The van der Waals surface area contributed by atoms with Gasteiger partial charge in [0.15, 0.2) is 0 Å². The van der Waals surface area contributed by atoms with E-state index in [4.69, 9.17) is 11.6 Å². The lowest BCUT2D eigenvalue weighted by Gasteiger charge is -1.90. The van der Waals surface area contributed by atoms with Crippen LogP contribution in [0.3, 0.4) is 0 Å². The van der Waals surface area contributed by atoms with Gasteiger partial charge in [-0.25, -0.2) is 0 Å². The van der Waals surface area contributed by atoms with E-state index in [0.717, 1.165) is 5.39 Å². The summed E-state index contributed by atoms with van der Waals surface area (Å²) in [5.41, 5.74) is 1.15. The molecule has 0 amide bonds. The lowest BCUT2D eigenvalue weighted by molar-refractivity contribution is -0.384. The van der Waals surface area contributed by atoms with Crippen molar-refractivity contribution in [3.05, 3.63) is 34.0 Å². The van der Waals surface area contributed by atoms with Gasteiger partial charge in [-0.2, -0.15) is 5.10 Å². The van der Waals surface area contributed by atoms with Gasteiger partial charge in [-0.3, -0.25) is 15.2 Å². The largest absolute Gasteiger partial charge is 0.271 e. The molecule has 16 heavy (non-hydrogen) atoms. The summed E-state index contributed by atoms with van der Waals surface area (Å²) in [6.45, 7) is 0. The van der Waals surface area contributed by atoms with Gasteiger partial charge in [0.25, 0.3) is 5.69 Å². The van der Waals surface area contributed by atoms with E-state index in [1.165, 1.54) is 12.1 Å². The smallest absolute Gasteiger partial charge is 0.269 e. The molecule has 1 aromatic heterocycles. The topological polar surface area (TPSA) is 71.8 Å². The van der Waals surface area contributed by atoms with Crippen molar-refractivity contribution in [1.82, 2.24) is 10.2 Å². The number of nitrogens with zero attached hydrogens (tertiary/aromatic N) is 2. The van der Waals surface area contributed by atoms with Crippen molar-refractivity contribution in [1.29, 1.82) is 0 Å². The number of rotatable bonds is 1. The molecule has 1 heterocycles. The van der Waals surface area contributed by atoms with Gasteiger partial charge in [0.05, 0.1) is 10.8 Å². The minimum absolute atomic E-state index is 0.0100. The van der Waals surface area contributed by atoms with E-state index in [-0.39, 0.29) is 11.6 Å². The average Bonchev–Trinajstić information content (AvgIpc) is 2.68. The van der Waals surface area contributed by atoms with Crippen LogP contribution in [0.25, 0.3) is 10.9 Å². The third-order valence-electron chi connectivity index (χ3n) is 2.03. The van der Waals surface area contributed by atoms with Gasteiger partial charge in [0.1, 0.15) is 11.2 Å². The number of fused-ring (bicyclic) bond motifs is 1. The molecule has 80 valence electrons. The van der Waals surface area contributed by atoms with Crippen LogP contribution in [-0.4, -0.2) is 21.0 Å². The first-order valence-corrected chi connectivity index (χ1v) is 4.93. The Balaban J connectivity index is 2.54. The second kappa shape index (κ2) is 4.21. The zero-order chi connectivity index (χ0) is 11.5. The van der Waals surface area contributed by atoms with Gasteiger partial charge < -0.3 is 0 Å². The highest BCUT2D eigenvalue weighted by molar-refractivity contribution is 6.19. The van der Waals surface area contributed by atoms with Crippen LogP contribution in [0.5, 0.6) is 0 Å². The molecule has 1 N–H and O–H groups in total. The van der Waals surface area contributed by atoms with Crippen LogP contribution in [0.2, 0.25) is 0 Å². The fourth-order valence-corrected chi connectivity index (χ4v) is 1.40. The first-order chi connectivity index (χ1) is 7.72. The summed E-state index contributed by atoms with van der Waals surface area (Å²) in [7, 11) is 0. The summed E-state index contributed by atoms with van der Waals surface area (Å²) < 4.78 is 0. The molecule has 0 unspecified atom stereocenters. The van der Waals surface area contributed by atoms with E-state index >= 15 is 0 Å². The van der Waals surface area contributed by atoms with Crippen LogP contribution in [0.15, 0.2) is 18.2 Å². The fourth-order valence-electron chi connectivity index (χ4n) is 1.33. The molecule has 0 bridgehead atoms. The number of H-pyrrole nitrogens is 1. The molecule has 2 rings (SSSR count). The van der Waals surface area contributed by atoms with E-state index in [1.807, 2.05) is 0 Å². The molecule has 0 saturated carbocycles. The van der Waals surface area contributed by atoms with E-state index in [9.17, 15) is 10.1 Å². The molecule has 0 fully saturated rings. The number of halogens is 1. The summed E-state index contributed by atoms with van der Waals surface area (Å²) in [6, 6.07) is 4.44. The number of hydrogen-bond acceptors (Lipinski definition) is 3. The lowest BCUT2D eigenvalue weighted by atomic mass is 10.2. The highest BCUT2D eigenvalue weighted by atomic mass is 35.5. The fraction of sp³-hybridized carbons (Fsp3) is 0.100. The SMILES string of the molecule is O=[N+]([O-])c1ccc2c(C#CCCl)[nH]nc2c1. The van der Waals surface area contributed by atoms with E-state index in [2.05, 4.69) is 22.0 Å². The van der Waals surface area contributed by atoms with Gasteiger partial charge in [0.2, 0.25) is 0 Å². The van der Waals surface area contributed by atoms with Crippen LogP contribution >= 0.6 is 11.6 Å². The molecular formula is C10H6ClN3O2. The molecule has 1 aromatic carbocycles. The Hall–Kier alpha value is -2.06. The predicted octanol–water partition coefficient (Wildman–Crippen LogP) is 2.06. The van der Waals surface area contributed by atoms with Gasteiger partial charge in [-0.1, -0.05) is 5.92 Å². The first-order valence-electron chi connectivity index (χ1n) is 4.39. The number of aromatic nitrogens is 2. The number of nitro benzene ring substituents is 1. The monoisotopic (exact) mass is 235 g/mol. The Kier molecular flexibility index (Phi) is 2.75. The van der Waals surface area contributed by atoms with E-state index < -0.39 is 4.92 Å². The van der Waals surface area contributed by atoms with E-state index in [1.54, 1.807) is 6.07 Å². The molecule has 0 aliphatic rings. The zero-order valence-electron chi connectivity index (χ0n) is 8.03. The maximum atomic E-state index is 10.5. The number of hydrogen-bond donors (Lipinski definition) is 1. The van der Waals surface area contributed by atoms with Crippen LogP contribution in [0.1, 0.15) is 5.69 Å². The molecule has 0 spiro atoms. The zero-order valence-corrected chi connectivity index (χ0v) is 8.78. The second-order valence-corrected chi connectivity index (χ2v) is 3.26. The predicted molar refractivity (Wildman–Crippen MR) is 60.3 cm³/mol. The number of alkyl halides is 1. The molecule has 0 radical (unpaired) electrons. The Bertz CT molecular complexity index is 609. The van der Waals surface area contributed by atoms with Gasteiger partial charge in [-0.15, -0.1) is 11.6 Å². The summed E-state index contributed by atoms with van der Waals surface area (Å²) in [4.78, 5) is 10.1. The maximum absolute atomic E-state index is 10.5. The van der Waals surface area contributed by atoms with Crippen molar-refractivity contribution in [3.8, 4) is 11.8 Å². The number of aromatic amines is 1. The van der Waals surface area contributed by atoms with Crippen LogP contribution < -0.4 is 0 Å². The Morgan fingerprint density at radius 1 is 1.56 bits per heavy atom. The summed E-state index contributed by atoms with van der Waals surface area (Å²) in [5.74, 6) is 5.72. The standard InChI is InChI=1S/C10H6ClN3O2/c11-5-1-2-9-8-4-3-7(14(15)16)6-10(8)13-12-9/h3-4,6H,5H2,(H,12,13). The minimum Gasteiger partial charge on any atom is -0.269 e. The molecule has 0 aliphatic heterocycles. The van der Waals surface area contributed by atoms with Crippen molar-refractivity contribution in [2.75, 3.05) is 5.88 Å². The molecule has 5 nitrogen and oxygen atoms in total. The number of nitrogens with one attached hydrogen (secondary N) is 1. The van der Waals surface area contributed by atoms with Gasteiger partial charge >= 0.3 is 0 Å². The van der Waals surface area contributed by atoms with Gasteiger partial charge in [0, 0.05) is 17.5 Å². The summed E-state index contributed by atoms with van der Waals surface area (Å²) >= 11 is 5.44. The quantitative estimate of drug-likeness (QED) is 0.356. The molecular weight excluding hydrogens is 230 g/mol. The highest BCUT2D eigenvalue weighted by Crippen LogP contribution is 2.20. The second-order valence-electron chi connectivity index (χ2n) is 2.99. The van der Waals surface area contributed by atoms with Gasteiger partial charge in [-0.05, 0) is 12.0 Å². The third kappa shape index (κ3) is 1.83. The average molecular weight is 236 g/mol. The highest BCUT2D eigenvalue weighted by Gasteiger charge is 2.09. The normalized spacial score (nSPS) is 9.81. The Morgan fingerprint density at radius 2 is 2.38 bits per heavy atom. The van der Waals surface area contributed by atoms with Crippen molar-refractivity contribution >= 4 is 28.2 Å². The summed E-state index contributed by atoms with van der Waals surface area (Å²) in [6.07, 6.45) is 0. The number of nitro groups is 1. The van der Waals surface area contributed by atoms with Crippen molar-refractivity contribution in [3.63, 3.8) is 0 Å². The van der Waals surface area contributed by atoms with Crippen molar-refractivity contribution in [2.24, 2.45) is 0 Å². The van der Waals surface area contributed by atoms with Crippen molar-refractivity contribution < 1.29 is 4.92 Å².